The van der Waals surface area contributed by atoms with Crippen LogP contribution in [0.15, 0.2) is 0 Å². The topological polar surface area (TPSA) is 34.1 Å². The molecule has 0 aliphatic heterocycles. The average Bonchev–Trinajstić information content (AvgIpc) is 1.50. The third-order valence-electron chi connectivity index (χ3n) is 0. The van der Waals surface area contributed by atoms with Gasteiger partial charge in [0.2, 0.25) is 0 Å². The Bertz CT molecular complexity index is 19.7. The van der Waals surface area contributed by atoms with E-state index < -0.39 is 0 Å². The Morgan fingerprint density at radius 3 is 1.14 bits per heavy atom. The van der Waals surface area contributed by atoms with E-state index in [0.717, 1.165) is 0 Å². The van der Waals surface area contributed by atoms with Gasteiger partial charge in [0.05, 0.1) is 0 Å². The molecule has 0 heterocycles. The van der Waals surface area contributed by atoms with Crippen LogP contribution in [0.1, 0.15) is 0 Å². The third kappa shape index (κ3) is 36.7. The van der Waals surface area contributed by atoms with Gasteiger partial charge < -0.3 is 0 Å². The largest absolute Gasteiger partial charge is 0 e. The summed E-state index contributed by atoms with van der Waals surface area (Å²) in [5.74, 6) is 0. The van der Waals surface area contributed by atoms with Crippen molar-refractivity contribution < 1.29 is 140 Å². The fraction of sp³-hybridized carbons (Fsp3) is 0. The van der Waals surface area contributed by atoms with Crippen LogP contribution in [0.4, 0.5) is 0 Å². The minimum absolute atomic E-state index is 0. The fourth-order valence-corrected chi connectivity index (χ4v) is 0. The summed E-state index contributed by atoms with van der Waals surface area (Å²) >= 11 is 0.711. The Hall–Kier alpha value is 4.69. The van der Waals surface area contributed by atoms with Gasteiger partial charge in [0.15, 0.2) is 0 Å². The SMILES string of the molecule is [Ce].[La].[O]=[AlH].[O]=[Y].[Zr]. The van der Waals surface area contributed by atoms with Crippen LogP contribution in [-0.4, -0.2) is 16.2 Å². The van der Waals surface area contributed by atoms with Crippen molar-refractivity contribution in [1.29, 1.82) is 0 Å². The molecule has 0 unspecified atom stereocenters. The second-order valence-electron chi connectivity index (χ2n) is 0. The maximum Gasteiger partial charge on any atom is 0 e. The maximum absolute atomic E-state index is 8.38. The standard InChI is InChI=1S/Al.Ce.La.2O.Y.Zr.H. The van der Waals surface area contributed by atoms with E-state index in [-0.39, 0.29) is 135 Å². The van der Waals surface area contributed by atoms with Crippen molar-refractivity contribution in [3.63, 3.8) is 0 Å². The van der Waals surface area contributed by atoms with Gasteiger partial charge in [0, 0.05) is 104 Å². The van der Waals surface area contributed by atoms with Crippen LogP contribution in [0.2, 0.25) is 0 Å². The van der Waals surface area contributed by atoms with Crippen LogP contribution >= 0.6 is 0 Å². The van der Waals surface area contributed by atoms with E-state index in [0.29, 0.717) is 16.2 Å². The molecular formula is HAlCeLaO2YZr. The molecule has 0 rings (SSSR count). The Labute approximate surface area is 152 Å². The van der Waals surface area contributed by atoms with Crippen LogP contribution in [0.25, 0.3) is 0 Å². The Morgan fingerprint density at radius 1 is 1.14 bits per heavy atom. The Balaban J connectivity index is -0.00000000267. The van der Waals surface area contributed by atoms with Crippen molar-refractivity contribution in [3.8, 4) is 0 Å². The predicted octanol–water partition coefficient (Wildman–Crippen LogP) is -0.891. The van der Waals surface area contributed by atoms with Crippen molar-refractivity contribution in [1.82, 2.24) is 0 Å². The maximum atomic E-state index is 8.38. The van der Waals surface area contributed by atoms with Gasteiger partial charge in [0.25, 0.3) is 0 Å². The fourth-order valence-electron chi connectivity index (χ4n) is 0. The summed E-state index contributed by atoms with van der Waals surface area (Å²) in [6.07, 6.45) is 0. The first-order chi connectivity index (χ1) is 2.00. The van der Waals surface area contributed by atoms with Crippen molar-refractivity contribution in [2.24, 2.45) is 0 Å². The molecular weight excluding hydrogens is 518 g/mol. The molecule has 0 N–H and O–H groups in total. The molecule has 0 aromatic heterocycles. The van der Waals surface area contributed by atoms with E-state index in [1.165, 1.54) is 0 Å². The number of hydrogen-bond donors (Lipinski definition) is 0. The molecule has 1 radical (unpaired) electrons. The third-order valence-corrected chi connectivity index (χ3v) is 0. The first-order valence-electron chi connectivity index (χ1n) is 0.524. The summed E-state index contributed by atoms with van der Waals surface area (Å²) in [5.41, 5.74) is 0. The second kappa shape index (κ2) is 45.6. The molecule has 0 aliphatic rings. The van der Waals surface area contributed by atoms with Gasteiger partial charge in [-0.2, -0.15) is 0 Å². The summed E-state index contributed by atoms with van der Waals surface area (Å²) in [6, 6.07) is 0. The van der Waals surface area contributed by atoms with Crippen molar-refractivity contribution >= 4 is 16.2 Å². The summed E-state index contributed by atoms with van der Waals surface area (Å²) in [7, 11) is 0. The second-order valence-corrected chi connectivity index (χ2v) is 0. The Kier molecular flexibility index (Phi) is 195. The molecule has 0 saturated carbocycles. The molecule has 7 heteroatoms. The number of rotatable bonds is 0. The molecule has 0 fully saturated rings. The van der Waals surface area contributed by atoms with Gasteiger partial charge in [-0.05, 0) is 0 Å². The molecule has 0 spiro atoms. The molecule has 0 saturated heterocycles. The zero-order chi connectivity index (χ0) is 4.00. The van der Waals surface area contributed by atoms with Gasteiger partial charge in [0.1, 0.15) is 0 Å². The molecule has 2 nitrogen and oxygen atoms in total. The van der Waals surface area contributed by atoms with Gasteiger partial charge in [-0.15, -0.1) is 0 Å². The molecule has 0 aromatic carbocycles. The van der Waals surface area contributed by atoms with Crippen LogP contribution < -0.4 is 0 Å². The summed E-state index contributed by atoms with van der Waals surface area (Å²) in [4.78, 5) is 0. The number of hydrogen-bond acceptors (Lipinski definition) is 2. The van der Waals surface area contributed by atoms with Crippen molar-refractivity contribution in [3.05, 3.63) is 0 Å². The van der Waals surface area contributed by atoms with Crippen molar-refractivity contribution in [2.75, 3.05) is 0 Å². The summed E-state index contributed by atoms with van der Waals surface area (Å²) < 4.78 is 16.7. The normalized spacial score (nSPS) is 1.29. The molecule has 30 valence electrons. The van der Waals surface area contributed by atoms with Crippen LogP contribution in [0.5, 0.6) is 0 Å². The minimum Gasteiger partial charge on any atom is 0 e. The zero-order valence-electron chi connectivity index (χ0n) is 3.68. The smallest absolute Gasteiger partial charge is 0 e. The van der Waals surface area contributed by atoms with E-state index in [9.17, 15) is 0 Å². The zero-order valence-corrected chi connectivity index (χ0v) is 17.2. The van der Waals surface area contributed by atoms with Crippen LogP contribution in [0.3, 0.4) is 0 Å². The van der Waals surface area contributed by atoms with E-state index in [2.05, 4.69) is 0 Å². The molecule has 0 bridgehead atoms. The average molecular weight is 519 g/mol. The molecule has 0 amide bonds. The van der Waals surface area contributed by atoms with E-state index >= 15 is 0 Å². The van der Waals surface area contributed by atoms with Gasteiger partial charge >= 0.3 is 53.1 Å². The molecule has 0 atom stereocenters. The first-order valence-corrected chi connectivity index (χ1v) is 2.26. The summed E-state index contributed by atoms with van der Waals surface area (Å²) in [5, 5.41) is 0. The minimum atomic E-state index is 0. The molecule has 0 aromatic rings. The van der Waals surface area contributed by atoms with Gasteiger partial charge in [-0.1, -0.05) is 0 Å². The monoisotopic (exact) mass is 518 g/mol. The van der Waals surface area contributed by atoms with E-state index in [1.807, 2.05) is 0 Å². The van der Waals surface area contributed by atoms with E-state index in [1.54, 1.807) is 0 Å². The molecule has 7 heavy (non-hydrogen) atoms. The van der Waals surface area contributed by atoms with Crippen LogP contribution in [-0.2, 0) is 63.1 Å². The van der Waals surface area contributed by atoms with E-state index in [4.69, 9.17) is 5.85 Å². The van der Waals surface area contributed by atoms with Crippen molar-refractivity contribution in [2.45, 2.75) is 0 Å². The first kappa shape index (κ1) is 29.8. The van der Waals surface area contributed by atoms with Gasteiger partial charge in [-0.25, -0.2) is 0 Å². The quantitative estimate of drug-likeness (QED) is 0.390. The predicted molar refractivity (Wildman–Crippen MR) is 8.52 cm³/mol. The Morgan fingerprint density at radius 2 is 1.14 bits per heavy atom. The summed E-state index contributed by atoms with van der Waals surface area (Å²) in [6.45, 7) is 0. The van der Waals surface area contributed by atoms with Gasteiger partial charge in [-0.3, -0.25) is 0 Å². The molecule has 0 aliphatic carbocycles. The van der Waals surface area contributed by atoms with Crippen LogP contribution in [0, 0.1) is 77.3 Å².